The number of para-hydroxylation sites is 1. The fourth-order valence-electron chi connectivity index (χ4n) is 1.43. The summed E-state index contributed by atoms with van der Waals surface area (Å²) in [6.07, 6.45) is 0. The zero-order valence-corrected chi connectivity index (χ0v) is 13.2. The molecule has 0 saturated heterocycles. The van der Waals surface area contributed by atoms with Gasteiger partial charge in [0.1, 0.15) is 13.2 Å². The lowest BCUT2D eigenvalue weighted by Crippen LogP contribution is -2.37. The number of nitrogens with zero attached hydrogens (tertiary/aromatic N) is 2. The molecular formula is C12H20N2O6P+. The van der Waals surface area contributed by atoms with E-state index in [1.165, 1.54) is 18.2 Å². The van der Waals surface area contributed by atoms with Crippen LogP contribution in [0.2, 0.25) is 0 Å². The highest BCUT2D eigenvalue weighted by Crippen LogP contribution is 2.44. The first-order valence-electron chi connectivity index (χ1n) is 6.25. The molecule has 1 aromatic carbocycles. The molecule has 1 unspecified atom stereocenters. The van der Waals surface area contributed by atoms with E-state index in [1.807, 2.05) is 21.1 Å². The number of likely N-dealkylation sites (N-methyl/N-ethyl adjacent to an activating group) is 1. The van der Waals surface area contributed by atoms with Crippen LogP contribution >= 0.6 is 7.82 Å². The summed E-state index contributed by atoms with van der Waals surface area (Å²) >= 11 is 0. The van der Waals surface area contributed by atoms with Gasteiger partial charge in [0.15, 0.2) is 0 Å². The number of rotatable bonds is 8. The summed E-state index contributed by atoms with van der Waals surface area (Å²) in [5, 5.41) is 10.8. The third kappa shape index (κ3) is 6.79. The molecule has 0 aliphatic heterocycles. The maximum absolute atomic E-state index is 11.7. The first-order valence-corrected chi connectivity index (χ1v) is 7.75. The van der Waals surface area contributed by atoms with Gasteiger partial charge in [-0.15, -0.1) is 0 Å². The van der Waals surface area contributed by atoms with Crippen LogP contribution in [-0.4, -0.2) is 48.6 Å². The molecule has 8 nitrogen and oxygen atoms in total. The minimum atomic E-state index is -4.23. The molecule has 0 fully saturated rings. The van der Waals surface area contributed by atoms with Crippen LogP contribution in [0.3, 0.4) is 0 Å². The summed E-state index contributed by atoms with van der Waals surface area (Å²) < 4.78 is 21.9. The molecule has 1 atom stereocenters. The van der Waals surface area contributed by atoms with Gasteiger partial charge in [-0.3, -0.25) is 19.2 Å². The maximum atomic E-state index is 11.7. The van der Waals surface area contributed by atoms with Crippen LogP contribution in [0, 0.1) is 10.1 Å². The summed E-state index contributed by atoms with van der Waals surface area (Å²) in [6, 6.07) is 5.87. The number of nitro groups is 1. The number of hydrogen-bond donors (Lipinski definition) is 1. The summed E-state index contributed by atoms with van der Waals surface area (Å²) in [7, 11) is 1.52. The first kappa shape index (κ1) is 17.7. The monoisotopic (exact) mass is 319 g/mol. The van der Waals surface area contributed by atoms with E-state index in [1.54, 1.807) is 6.07 Å². The Hall–Kier alpha value is -1.31. The molecule has 1 rings (SSSR count). The van der Waals surface area contributed by atoms with Gasteiger partial charge in [-0.1, -0.05) is 12.1 Å². The van der Waals surface area contributed by atoms with Crippen molar-refractivity contribution in [3.63, 3.8) is 0 Å². The SMILES string of the molecule is C[N+](C)(C)CCOP(=O)(O)OCc1ccccc1[N+](=O)[O-]. The van der Waals surface area contributed by atoms with Crippen molar-refractivity contribution < 1.29 is 27.9 Å². The van der Waals surface area contributed by atoms with Crippen molar-refractivity contribution in [2.75, 3.05) is 34.3 Å². The first-order chi connectivity index (χ1) is 9.61. The van der Waals surface area contributed by atoms with Gasteiger partial charge in [0.25, 0.3) is 5.69 Å². The van der Waals surface area contributed by atoms with Crippen molar-refractivity contribution >= 4 is 13.5 Å². The second kappa shape index (κ2) is 7.11. The molecule has 0 saturated carbocycles. The van der Waals surface area contributed by atoms with E-state index in [0.29, 0.717) is 11.0 Å². The minimum absolute atomic E-state index is 0.0498. The fourth-order valence-corrected chi connectivity index (χ4v) is 2.12. The lowest BCUT2D eigenvalue weighted by atomic mass is 10.2. The van der Waals surface area contributed by atoms with Crippen molar-refractivity contribution in [1.29, 1.82) is 0 Å². The average Bonchev–Trinajstić information content (AvgIpc) is 2.35. The van der Waals surface area contributed by atoms with Crippen LogP contribution < -0.4 is 0 Å². The molecule has 0 radical (unpaired) electrons. The highest BCUT2D eigenvalue weighted by atomic mass is 31.2. The second-order valence-corrected chi connectivity index (χ2v) is 6.93. The van der Waals surface area contributed by atoms with E-state index in [2.05, 4.69) is 0 Å². The summed E-state index contributed by atoms with van der Waals surface area (Å²) in [5.41, 5.74) is 0.0517. The number of nitro benzene ring substituents is 1. The van der Waals surface area contributed by atoms with Crippen molar-refractivity contribution in [3.8, 4) is 0 Å². The molecule has 21 heavy (non-hydrogen) atoms. The van der Waals surface area contributed by atoms with E-state index in [9.17, 15) is 19.6 Å². The highest BCUT2D eigenvalue weighted by molar-refractivity contribution is 7.47. The molecule has 1 aromatic rings. The third-order valence-electron chi connectivity index (χ3n) is 2.59. The number of phosphoric ester groups is 1. The van der Waals surface area contributed by atoms with E-state index in [4.69, 9.17) is 9.05 Å². The van der Waals surface area contributed by atoms with Gasteiger partial charge >= 0.3 is 7.82 Å². The van der Waals surface area contributed by atoms with Crippen LogP contribution in [0.4, 0.5) is 5.69 Å². The van der Waals surface area contributed by atoms with E-state index < -0.39 is 12.7 Å². The Balaban J connectivity index is 2.58. The molecule has 0 heterocycles. The van der Waals surface area contributed by atoms with Crippen LogP contribution in [0.5, 0.6) is 0 Å². The Bertz CT molecular complexity index is 543. The molecule has 0 amide bonds. The molecule has 0 bridgehead atoms. The Morgan fingerprint density at radius 2 is 1.90 bits per heavy atom. The molecule has 9 heteroatoms. The molecule has 118 valence electrons. The van der Waals surface area contributed by atoms with Gasteiger partial charge in [-0.05, 0) is 6.07 Å². The summed E-state index contributed by atoms with van der Waals surface area (Å²) in [6.45, 7) is 0.211. The van der Waals surface area contributed by atoms with Gasteiger partial charge in [0, 0.05) is 6.07 Å². The number of hydrogen-bond acceptors (Lipinski definition) is 5. The molecular weight excluding hydrogens is 299 g/mol. The van der Waals surface area contributed by atoms with E-state index in [0.717, 1.165) is 0 Å². The smallest absolute Gasteiger partial charge is 0.329 e. The van der Waals surface area contributed by atoms with E-state index >= 15 is 0 Å². The topological polar surface area (TPSA) is 98.9 Å². The summed E-state index contributed by atoms with van der Waals surface area (Å²) in [4.78, 5) is 19.8. The molecule has 0 aromatic heterocycles. The second-order valence-electron chi connectivity index (χ2n) is 5.47. The fraction of sp³-hybridized carbons (Fsp3) is 0.500. The highest BCUT2D eigenvalue weighted by Gasteiger charge is 2.24. The average molecular weight is 319 g/mol. The Morgan fingerprint density at radius 1 is 1.29 bits per heavy atom. The van der Waals surface area contributed by atoms with Crippen molar-refractivity contribution in [2.45, 2.75) is 6.61 Å². The molecule has 1 N–H and O–H groups in total. The lowest BCUT2D eigenvalue weighted by molar-refractivity contribution is -0.870. The van der Waals surface area contributed by atoms with Crippen molar-refractivity contribution in [2.24, 2.45) is 0 Å². The zero-order valence-electron chi connectivity index (χ0n) is 12.3. The molecule has 0 aliphatic carbocycles. The van der Waals surface area contributed by atoms with Crippen molar-refractivity contribution in [3.05, 3.63) is 39.9 Å². The third-order valence-corrected chi connectivity index (χ3v) is 3.55. The molecule has 0 spiro atoms. The summed E-state index contributed by atoms with van der Waals surface area (Å²) in [5.74, 6) is 0. The standard InChI is InChI=1S/C12H19N2O6P/c1-14(2,3)8-9-19-21(17,18)20-10-11-6-4-5-7-12(11)13(15)16/h4-7H,8-10H2,1-3H3/p+1. The number of quaternary nitrogens is 1. The zero-order chi connectivity index (χ0) is 16.1. The van der Waals surface area contributed by atoms with Crippen LogP contribution in [0.1, 0.15) is 5.56 Å². The van der Waals surface area contributed by atoms with Gasteiger partial charge in [0.2, 0.25) is 0 Å². The Morgan fingerprint density at radius 3 is 2.48 bits per heavy atom. The quantitative estimate of drug-likeness (QED) is 0.340. The van der Waals surface area contributed by atoms with Gasteiger partial charge in [-0.2, -0.15) is 0 Å². The van der Waals surface area contributed by atoms with Gasteiger partial charge < -0.3 is 9.38 Å². The maximum Gasteiger partial charge on any atom is 0.472 e. The molecule has 0 aliphatic rings. The number of benzene rings is 1. The van der Waals surface area contributed by atoms with E-state index in [-0.39, 0.29) is 24.5 Å². The van der Waals surface area contributed by atoms with Gasteiger partial charge in [-0.25, -0.2) is 4.57 Å². The van der Waals surface area contributed by atoms with Crippen LogP contribution in [-0.2, 0) is 20.2 Å². The largest absolute Gasteiger partial charge is 0.472 e. The number of phosphoric acid groups is 1. The van der Waals surface area contributed by atoms with Gasteiger partial charge in [0.05, 0.1) is 38.2 Å². The van der Waals surface area contributed by atoms with Crippen molar-refractivity contribution in [1.82, 2.24) is 0 Å². The van der Waals surface area contributed by atoms with Crippen LogP contribution in [0.15, 0.2) is 24.3 Å². The predicted octanol–water partition coefficient (Wildman–Crippen LogP) is 1.93. The minimum Gasteiger partial charge on any atom is -0.329 e. The van der Waals surface area contributed by atoms with Crippen LogP contribution in [0.25, 0.3) is 0 Å². The lowest BCUT2D eigenvalue weighted by Gasteiger charge is -2.24. The Kier molecular flexibility index (Phi) is 6.00. The normalized spacial score (nSPS) is 14.7. The Labute approximate surface area is 123 Å². The predicted molar refractivity (Wildman–Crippen MR) is 76.6 cm³/mol.